The summed E-state index contributed by atoms with van der Waals surface area (Å²) < 4.78 is 5.24. The van der Waals surface area contributed by atoms with E-state index in [0.717, 1.165) is 11.1 Å². The van der Waals surface area contributed by atoms with Gasteiger partial charge in [-0.2, -0.15) is 5.26 Å². The number of nitriles is 1. The van der Waals surface area contributed by atoms with Gasteiger partial charge in [0, 0.05) is 18.2 Å². The number of nitrogens with zero attached hydrogens (tertiary/aromatic N) is 2. The first-order chi connectivity index (χ1) is 13.5. The maximum atomic E-state index is 12.0. The summed E-state index contributed by atoms with van der Waals surface area (Å²) in [7, 11) is 0. The normalized spacial score (nSPS) is 10.4. The predicted octanol–water partition coefficient (Wildman–Crippen LogP) is 4.75. The molecule has 0 heterocycles. The van der Waals surface area contributed by atoms with Crippen LogP contribution in [0.15, 0.2) is 78.9 Å². The van der Waals surface area contributed by atoms with E-state index in [1.54, 1.807) is 36.4 Å². The van der Waals surface area contributed by atoms with Crippen molar-refractivity contribution in [3.63, 3.8) is 0 Å². The van der Waals surface area contributed by atoms with Gasteiger partial charge in [0.1, 0.15) is 5.75 Å². The van der Waals surface area contributed by atoms with Crippen LogP contribution in [0.5, 0.6) is 5.75 Å². The molecule has 0 fully saturated rings. The van der Waals surface area contributed by atoms with Gasteiger partial charge >= 0.3 is 5.97 Å². The highest BCUT2D eigenvalue weighted by molar-refractivity contribution is 5.88. The number of ether oxygens (including phenoxy) is 1. The monoisotopic (exact) mass is 370 g/mol. The van der Waals surface area contributed by atoms with Crippen LogP contribution in [0.2, 0.25) is 0 Å². The number of benzene rings is 3. The van der Waals surface area contributed by atoms with E-state index in [2.05, 4.69) is 6.07 Å². The molecule has 0 amide bonds. The number of esters is 1. The molecule has 3 rings (SSSR count). The van der Waals surface area contributed by atoms with Gasteiger partial charge in [0.05, 0.1) is 16.6 Å². The van der Waals surface area contributed by atoms with Crippen molar-refractivity contribution < 1.29 is 14.5 Å². The van der Waals surface area contributed by atoms with E-state index < -0.39 is 10.9 Å². The van der Waals surface area contributed by atoms with Crippen molar-refractivity contribution in [1.82, 2.24) is 0 Å². The highest BCUT2D eigenvalue weighted by atomic mass is 16.6. The summed E-state index contributed by atoms with van der Waals surface area (Å²) in [5.74, 6) is -0.205. The van der Waals surface area contributed by atoms with Gasteiger partial charge in [-0.3, -0.25) is 10.1 Å². The van der Waals surface area contributed by atoms with E-state index in [0.29, 0.717) is 16.9 Å². The van der Waals surface area contributed by atoms with E-state index in [-0.39, 0.29) is 5.69 Å². The maximum Gasteiger partial charge on any atom is 0.336 e. The van der Waals surface area contributed by atoms with E-state index in [1.807, 2.05) is 24.3 Å². The standard InChI is InChI=1S/C22H14N2O4/c23-15-17-4-7-18(8-5-17)19-9-11-21(12-10-19)28-22(25)13-6-16-2-1-3-20(14-16)24(26)27/h1-14H. The molecule has 0 unspecified atom stereocenters. The molecule has 6 heteroatoms. The molecule has 136 valence electrons. The number of carbonyl (C=O) groups is 1. The zero-order valence-corrected chi connectivity index (χ0v) is 14.6. The molecule has 0 spiro atoms. The fourth-order valence-corrected chi connectivity index (χ4v) is 2.51. The summed E-state index contributed by atoms with van der Waals surface area (Å²) in [5.41, 5.74) is 2.94. The smallest absolute Gasteiger partial charge is 0.336 e. The number of rotatable bonds is 5. The van der Waals surface area contributed by atoms with Gasteiger partial charge in [0.2, 0.25) is 0 Å². The van der Waals surface area contributed by atoms with E-state index in [9.17, 15) is 14.9 Å². The molecule has 0 saturated heterocycles. The van der Waals surface area contributed by atoms with E-state index in [4.69, 9.17) is 10.00 Å². The number of nitro groups is 1. The largest absolute Gasteiger partial charge is 0.423 e. The molecule has 0 aliphatic rings. The fraction of sp³-hybridized carbons (Fsp3) is 0. The highest BCUT2D eigenvalue weighted by Crippen LogP contribution is 2.23. The molecule has 28 heavy (non-hydrogen) atoms. The van der Waals surface area contributed by atoms with Crippen molar-refractivity contribution in [1.29, 1.82) is 5.26 Å². The fourth-order valence-electron chi connectivity index (χ4n) is 2.51. The van der Waals surface area contributed by atoms with Gasteiger partial charge in [-0.15, -0.1) is 0 Å². The lowest BCUT2D eigenvalue weighted by atomic mass is 10.0. The summed E-state index contributed by atoms with van der Waals surface area (Å²) in [6.45, 7) is 0. The van der Waals surface area contributed by atoms with Gasteiger partial charge in [0.15, 0.2) is 0 Å². The van der Waals surface area contributed by atoms with Gasteiger partial charge in [-0.25, -0.2) is 4.79 Å². The molecule has 0 aliphatic heterocycles. The second-order valence-electron chi connectivity index (χ2n) is 5.82. The second-order valence-corrected chi connectivity index (χ2v) is 5.82. The lowest BCUT2D eigenvalue weighted by Gasteiger charge is -2.04. The number of hydrogen-bond acceptors (Lipinski definition) is 5. The number of nitro benzene ring substituents is 1. The average Bonchev–Trinajstić information content (AvgIpc) is 2.73. The van der Waals surface area contributed by atoms with Crippen LogP contribution < -0.4 is 4.74 Å². The molecule has 0 saturated carbocycles. The van der Waals surface area contributed by atoms with E-state index in [1.165, 1.54) is 24.3 Å². The molecule has 6 nitrogen and oxygen atoms in total. The van der Waals surface area contributed by atoms with Crippen molar-refractivity contribution in [2.24, 2.45) is 0 Å². The topological polar surface area (TPSA) is 93.2 Å². The third-order valence-electron chi connectivity index (χ3n) is 3.91. The zero-order valence-electron chi connectivity index (χ0n) is 14.6. The van der Waals surface area contributed by atoms with Crippen LogP contribution in [-0.4, -0.2) is 10.9 Å². The van der Waals surface area contributed by atoms with E-state index >= 15 is 0 Å². The van der Waals surface area contributed by atoms with Gasteiger partial charge < -0.3 is 4.74 Å². The minimum absolute atomic E-state index is 0.0473. The molecule has 3 aromatic carbocycles. The van der Waals surface area contributed by atoms with Gasteiger partial charge in [-0.05, 0) is 47.0 Å². The average molecular weight is 370 g/mol. The third-order valence-corrected chi connectivity index (χ3v) is 3.91. The van der Waals surface area contributed by atoms with Crippen molar-refractivity contribution in [2.45, 2.75) is 0 Å². The molecule has 0 atom stereocenters. The Hall–Kier alpha value is -4.24. The van der Waals surface area contributed by atoms with Crippen LogP contribution in [0.1, 0.15) is 11.1 Å². The Balaban J connectivity index is 1.65. The first kappa shape index (κ1) is 18.5. The Labute approximate surface area is 161 Å². The molecular formula is C22H14N2O4. The zero-order chi connectivity index (χ0) is 19.9. The Morgan fingerprint density at radius 2 is 1.64 bits per heavy atom. The van der Waals surface area contributed by atoms with Crippen LogP contribution in [0.4, 0.5) is 5.69 Å². The van der Waals surface area contributed by atoms with Crippen LogP contribution in [0.25, 0.3) is 17.2 Å². The molecule has 0 aliphatic carbocycles. The van der Waals surface area contributed by atoms with Crippen molar-refractivity contribution >= 4 is 17.7 Å². The molecule has 0 N–H and O–H groups in total. The lowest BCUT2D eigenvalue weighted by molar-refractivity contribution is -0.384. The van der Waals surface area contributed by atoms with Crippen molar-refractivity contribution in [3.05, 3.63) is 100 Å². The number of carbonyl (C=O) groups excluding carboxylic acids is 1. The third kappa shape index (κ3) is 4.68. The second kappa shape index (κ2) is 8.43. The van der Waals surface area contributed by atoms with Crippen molar-refractivity contribution in [2.75, 3.05) is 0 Å². The van der Waals surface area contributed by atoms with Gasteiger partial charge in [-0.1, -0.05) is 36.4 Å². The molecule has 0 radical (unpaired) electrons. The minimum atomic E-state index is -0.586. The Morgan fingerprint density at radius 1 is 1.00 bits per heavy atom. The quantitative estimate of drug-likeness (QED) is 0.212. The van der Waals surface area contributed by atoms with Crippen LogP contribution >= 0.6 is 0 Å². The molecule has 0 bridgehead atoms. The van der Waals surface area contributed by atoms with Crippen LogP contribution in [0, 0.1) is 21.4 Å². The van der Waals surface area contributed by atoms with Crippen LogP contribution in [0.3, 0.4) is 0 Å². The van der Waals surface area contributed by atoms with Crippen molar-refractivity contribution in [3.8, 4) is 22.9 Å². The first-order valence-corrected chi connectivity index (χ1v) is 8.30. The lowest BCUT2D eigenvalue weighted by Crippen LogP contribution is -2.03. The maximum absolute atomic E-state index is 12.0. The SMILES string of the molecule is N#Cc1ccc(-c2ccc(OC(=O)C=Cc3cccc([N+](=O)[O-])c3)cc2)cc1. The molecular weight excluding hydrogens is 356 g/mol. The Morgan fingerprint density at radius 3 is 2.25 bits per heavy atom. The van der Waals surface area contributed by atoms with Crippen LogP contribution in [-0.2, 0) is 4.79 Å². The minimum Gasteiger partial charge on any atom is -0.423 e. The summed E-state index contributed by atoms with van der Waals surface area (Å²) in [5, 5.41) is 19.6. The predicted molar refractivity (Wildman–Crippen MR) is 104 cm³/mol. The Bertz CT molecular complexity index is 1080. The summed E-state index contributed by atoms with van der Waals surface area (Å²) in [6.07, 6.45) is 2.67. The summed E-state index contributed by atoms with van der Waals surface area (Å²) in [4.78, 5) is 22.2. The summed E-state index contributed by atoms with van der Waals surface area (Å²) >= 11 is 0. The number of non-ortho nitro benzene ring substituents is 1. The molecule has 0 aromatic heterocycles. The first-order valence-electron chi connectivity index (χ1n) is 8.30. The highest BCUT2D eigenvalue weighted by Gasteiger charge is 2.05. The Kier molecular flexibility index (Phi) is 5.58. The summed E-state index contributed by atoms with van der Waals surface area (Å²) in [6, 6.07) is 22.2. The molecule has 3 aromatic rings. The van der Waals surface area contributed by atoms with Gasteiger partial charge in [0.25, 0.3) is 5.69 Å². The number of hydrogen-bond donors (Lipinski definition) is 0.